The lowest BCUT2D eigenvalue weighted by atomic mass is 10.2. The minimum absolute atomic E-state index is 0.601. The molecule has 0 aliphatic carbocycles. The molecule has 0 saturated carbocycles. The molecular weight excluding hydrogens is 310 g/mol. The van der Waals surface area contributed by atoms with Crippen LogP contribution in [-0.2, 0) is 0 Å². The molecule has 0 aliphatic heterocycles. The standard InChI is InChI=1S/C8H6N4S.C7H7N3/c9-8-11-6-2-1-5-4(3-10-12-5)7(6)13-8;8-6-1-2-7-5(3-6)4-9-10-7/h1-3H,(H2,9,11)(H,10,12);1-4H,8H2,(H,9,10). The van der Waals surface area contributed by atoms with E-state index in [1.807, 2.05) is 30.3 Å². The van der Waals surface area contributed by atoms with E-state index in [1.54, 1.807) is 12.4 Å². The first-order valence-electron chi connectivity index (χ1n) is 6.87. The molecule has 0 bridgehead atoms. The fourth-order valence-corrected chi connectivity index (χ4v) is 3.23. The molecule has 5 aromatic rings. The fraction of sp³-hybridized carbons (Fsp3) is 0. The van der Waals surface area contributed by atoms with Gasteiger partial charge in [-0.3, -0.25) is 10.2 Å². The van der Waals surface area contributed by atoms with Crippen LogP contribution >= 0.6 is 11.3 Å². The Hall–Kier alpha value is -3.13. The van der Waals surface area contributed by atoms with Gasteiger partial charge in [-0.05, 0) is 30.3 Å². The number of nitrogens with zero attached hydrogens (tertiary/aromatic N) is 3. The highest BCUT2D eigenvalue weighted by Crippen LogP contribution is 2.30. The lowest BCUT2D eigenvalue weighted by molar-refractivity contribution is 1.12. The summed E-state index contributed by atoms with van der Waals surface area (Å²) in [5.74, 6) is 0. The highest BCUT2D eigenvalue weighted by Gasteiger charge is 2.05. The number of thiazole rings is 1. The molecule has 114 valence electrons. The van der Waals surface area contributed by atoms with Crippen molar-refractivity contribution in [3.63, 3.8) is 0 Å². The number of nitrogens with two attached hydrogens (primary N) is 2. The maximum Gasteiger partial charge on any atom is 0.181 e. The van der Waals surface area contributed by atoms with Gasteiger partial charge in [-0.2, -0.15) is 10.2 Å². The summed E-state index contributed by atoms with van der Waals surface area (Å²) in [6, 6.07) is 9.56. The van der Waals surface area contributed by atoms with Gasteiger partial charge >= 0.3 is 0 Å². The van der Waals surface area contributed by atoms with Crippen LogP contribution in [0.4, 0.5) is 10.8 Å². The van der Waals surface area contributed by atoms with Crippen molar-refractivity contribution >= 4 is 54.2 Å². The van der Waals surface area contributed by atoms with Crippen molar-refractivity contribution in [1.82, 2.24) is 25.4 Å². The number of aromatic amines is 2. The van der Waals surface area contributed by atoms with E-state index in [0.29, 0.717) is 5.13 Å². The summed E-state index contributed by atoms with van der Waals surface area (Å²) in [5, 5.41) is 16.3. The maximum atomic E-state index is 5.63. The quantitative estimate of drug-likeness (QED) is 0.326. The first-order valence-corrected chi connectivity index (χ1v) is 7.69. The third-order valence-electron chi connectivity index (χ3n) is 3.46. The van der Waals surface area contributed by atoms with Crippen molar-refractivity contribution in [2.75, 3.05) is 11.5 Å². The number of aromatic nitrogens is 5. The van der Waals surface area contributed by atoms with Crippen LogP contribution in [0.2, 0.25) is 0 Å². The molecule has 3 aromatic heterocycles. The van der Waals surface area contributed by atoms with Crippen molar-refractivity contribution in [3.8, 4) is 0 Å². The number of anilines is 2. The molecule has 7 nitrogen and oxygen atoms in total. The van der Waals surface area contributed by atoms with E-state index in [2.05, 4.69) is 25.4 Å². The van der Waals surface area contributed by atoms with Gasteiger partial charge in [-0.15, -0.1) is 0 Å². The van der Waals surface area contributed by atoms with E-state index in [-0.39, 0.29) is 0 Å². The van der Waals surface area contributed by atoms with Crippen molar-refractivity contribution in [1.29, 1.82) is 0 Å². The number of benzene rings is 2. The van der Waals surface area contributed by atoms with E-state index >= 15 is 0 Å². The topological polar surface area (TPSA) is 122 Å². The molecule has 2 aromatic carbocycles. The third kappa shape index (κ3) is 2.44. The normalized spacial score (nSPS) is 11.0. The number of rotatable bonds is 0. The molecule has 0 aliphatic rings. The highest BCUT2D eigenvalue weighted by molar-refractivity contribution is 7.23. The molecule has 23 heavy (non-hydrogen) atoms. The van der Waals surface area contributed by atoms with Crippen LogP contribution < -0.4 is 11.5 Å². The Morgan fingerprint density at radius 1 is 0.913 bits per heavy atom. The van der Waals surface area contributed by atoms with Crippen LogP contribution in [-0.4, -0.2) is 25.4 Å². The number of nitrogen functional groups attached to an aromatic ring is 2. The van der Waals surface area contributed by atoms with Gasteiger partial charge < -0.3 is 11.5 Å². The molecule has 0 atom stereocenters. The zero-order valence-corrected chi connectivity index (χ0v) is 12.8. The highest BCUT2D eigenvalue weighted by atomic mass is 32.1. The number of hydrogen-bond acceptors (Lipinski definition) is 6. The number of hydrogen-bond donors (Lipinski definition) is 4. The van der Waals surface area contributed by atoms with Crippen LogP contribution in [0.25, 0.3) is 32.0 Å². The summed E-state index contributed by atoms with van der Waals surface area (Å²) in [5.41, 5.74) is 14.9. The van der Waals surface area contributed by atoms with Crippen LogP contribution in [0.15, 0.2) is 42.7 Å². The fourth-order valence-electron chi connectivity index (χ4n) is 2.38. The zero-order chi connectivity index (χ0) is 15.8. The van der Waals surface area contributed by atoms with Gasteiger partial charge in [0.05, 0.1) is 33.6 Å². The molecule has 5 rings (SSSR count). The second-order valence-corrected chi connectivity index (χ2v) is 6.04. The lowest BCUT2D eigenvalue weighted by Gasteiger charge is -1.89. The van der Waals surface area contributed by atoms with Crippen LogP contribution in [0, 0.1) is 0 Å². The Morgan fingerprint density at radius 2 is 1.70 bits per heavy atom. The molecule has 8 heteroatoms. The van der Waals surface area contributed by atoms with Crippen LogP contribution in [0.3, 0.4) is 0 Å². The van der Waals surface area contributed by atoms with Crippen molar-refractivity contribution in [2.24, 2.45) is 0 Å². The molecule has 0 unspecified atom stereocenters. The number of nitrogens with one attached hydrogen (secondary N) is 2. The Morgan fingerprint density at radius 3 is 2.61 bits per heavy atom. The van der Waals surface area contributed by atoms with Crippen molar-refractivity contribution in [3.05, 3.63) is 42.7 Å². The molecular formula is C15H13N7S. The largest absolute Gasteiger partial charge is 0.399 e. The smallest absolute Gasteiger partial charge is 0.181 e. The summed E-state index contributed by atoms with van der Waals surface area (Å²) in [6.45, 7) is 0. The van der Waals surface area contributed by atoms with E-state index in [1.165, 1.54) is 11.3 Å². The van der Waals surface area contributed by atoms with Gasteiger partial charge in [0.25, 0.3) is 0 Å². The van der Waals surface area contributed by atoms with Crippen LogP contribution in [0.1, 0.15) is 0 Å². The average molecular weight is 323 g/mol. The van der Waals surface area contributed by atoms with E-state index in [9.17, 15) is 0 Å². The maximum absolute atomic E-state index is 5.63. The average Bonchev–Trinajstić information content (AvgIpc) is 3.24. The molecule has 0 saturated heterocycles. The third-order valence-corrected chi connectivity index (χ3v) is 4.39. The van der Waals surface area contributed by atoms with E-state index in [0.717, 1.165) is 37.7 Å². The van der Waals surface area contributed by atoms with Crippen LogP contribution in [0.5, 0.6) is 0 Å². The second-order valence-electron chi connectivity index (χ2n) is 5.01. The lowest BCUT2D eigenvalue weighted by Crippen LogP contribution is -1.81. The SMILES string of the molecule is Nc1ccc2[nH]ncc2c1.Nc1nc2ccc3[nH]ncc3c2s1. The first kappa shape index (κ1) is 13.5. The molecule has 0 radical (unpaired) electrons. The Kier molecular flexibility index (Phi) is 3.09. The molecule has 0 amide bonds. The monoisotopic (exact) mass is 323 g/mol. The first-order chi connectivity index (χ1) is 11.2. The number of fused-ring (bicyclic) bond motifs is 4. The van der Waals surface area contributed by atoms with Gasteiger partial charge in [0.2, 0.25) is 0 Å². The minimum Gasteiger partial charge on any atom is -0.399 e. The van der Waals surface area contributed by atoms with Gasteiger partial charge in [-0.25, -0.2) is 4.98 Å². The van der Waals surface area contributed by atoms with Gasteiger partial charge in [0.15, 0.2) is 5.13 Å². The molecule has 6 N–H and O–H groups in total. The summed E-state index contributed by atoms with van der Waals surface area (Å²) < 4.78 is 1.10. The predicted molar refractivity (Wildman–Crippen MR) is 94.2 cm³/mol. The Labute approximate surface area is 134 Å². The summed E-state index contributed by atoms with van der Waals surface area (Å²) in [4.78, 5) is 4.20. The van der Waals surface area contributed by atoms with E-state index in [4.69, 9.17) is 11.5 Å². The van der Waals surface area contributed by atoms with Crippen molar-refractivity contribution < 1.29 is 0 Å². The Bertz CT molecular complexity index is 1100. The molecule has 0 fully saturated rings. The minimum atomic E-state index is 0.601. The van der Waals surface area contributed by atoms with Gasteiger partial charge in [0.1, 0.15) is 0 Å². The Balaban J connectivity index is 0.000000122. The number of H-pyrrole nitrogens is 2. The predicted octanol–water partition coefficient (Wildman–Crippen LogP) is 2.90. The molecule has 3 heterocycles. The summed E-state index contributed by atoms with van der Waals surface area (Å²) in [7, 11) is 0. The second kappa shape index (κ2) is 5.25. The van der Waals surface area contributed by atoms with Crippen molar-refractivity contribution in [2.45, 2.75) is 0 Å². The van der Waals surface area contributed by atoms with E-state index < -0.39 is 0 Å². The van der Waals surface area contributed by atoms with Gasteiger partial charge in [-0.1, -0.05) is 11.3 Å². The molecule has 0 spiro atoms. The summed E-state index contributed by atoms with van der Waals surface area (Å²) in [6.07, 6.45) is 3.56. The zero-order valence-electron chi connectivity index (χ0n) is 11.9. The summed E-state index contributed by atoms with van der Waals surface area (Å²) >= 11 is 1.49. The van der Waals surface area contributed by atoms with Gasteiger partial charge in [0, 0.05) is 16.5 Å².